The molecule has 1 aliphatic carbocycles. The molecule has 0 bridgehead atoms. The molecule has 0 atom stereocenters. The van der Waals surface area contributed by atoms with Gasteiger partial charge in [-0.15, -0.1) is 0 Å². The molecule has 0 aliphatic heterocycles. The fraction of sp³-hybridized carbons (Fsp3) is 0.500. The highest BCUT2D eigenvalue weighted by Crippen LogP contribution is 2.27. The third-order valence-electron chi connectivity index (χ3n) is 5.49. The molecule has 1 saturated carbocycles. The fourth-order valence-electron chi connectivity index (χ4n) is 4.00. The smallest absolute Gasteiger partial charge is 0.242 e. The van der Waals surface area contributed by atoms with Crippen LogP contribution in [0.1, 0.15) is 50.9 Å². The molecule has 0 unspecified atom stereocenters. The minimum absolute atomic E-state index is 0.0344. The van der Waals surface area contributed by atoms with Gasteiger partial charge in [-0.1, -0.05) is 38.8 Å². The van der Waals surface area contributed by atoms with Gasteiger partial charge in [0.05, 0.1) is 19.4 Å². The Balaban J connectivity index is 1.74. The summed E-state index contributed by atoms with van der Waals surface area (Å²) >= 11 is 0. The van der Waals surface area contributed by atoms with Crippen LogP contribution in [0, 0.1) is 17.7 Å². The van der Waals surface area contributed by atoms with Crippen molar-refractivity contribution >= 4 is 11.8 Å². The van der Waals surface area contributed by atoms with Crippen LogP contribution in [0.15, 0.2) is 47.1 Å². The first-order chi connectivity index (χ1) is 14.4. The van der Waals surface area contributed by atoms with Crippen LogP contribution >= 0.6 is 0 Å². The number of hydrogen-bond acceptors (Lipinski definition) is 3. The minimum Gasteiger partial charge on any atom is -0.467 e. The molecule has 1 fully saturated rings. The maximum absolute atomic E-state index is 13.3. The summed E-state index contributed by atoms with van der Waals surface area (Å²) in [7, 11) is 0. The van der Waals surface area contributed by atoms with Gasteiger partial charge in [-0.25, -0.2) is 4.39 Å². The second-order valence-corrected chi connectivity index (χ2v) is 8.55. The van der Waals surface area contributed by atoms with Gasteiger partial charge in [-0.3, -0.25) is 9.59 Å². The second kappa shape index (κ2) is 10.4. The highest BCUT2D eigenvalue weighted by molar-refractivity contribution is 5.86. The van der Waals surface area contributed by atoms with Crippen LogP contribution in [-0.2, 0) is 22.7 Å². The van der Waals surface area contributed by atoms with Crippen molar-refractivity contribution in [3.8, 4) is 0 Å². The maximum atomic E-state index is 13.3. The van der Waals surface area contributed by atoms with E-state index in [1.807, 2.05) is 6.07 Å². The zero-order valence-corrected chi connectivity index (χ0v) is 17.9. The predicted octanol–water partition coefficient (Wildman–Crippen LogP) is 4.62. The second-order valence-electron chi connectivity index (χ2n) is 8.55. The lowest BCUT2D eigenvalue weighted by atomic mass is 10.1. The number of furan rings is 1. The summed E-state index contributed by atoms with van der Waals surface area (Å²) in [6, 6.07) is 9.73. The molecule has 6 heteroatoms. The summed E-state index contributed by atoms with van der Waals surface area (Å²) in [4.78, 5) is 29.7. The quantitative estimate of drug-likeness (QED) is 0.602. The predicted molar refractivity (Wildman–Crippen MR) is 113 cm³/mol. The molecule has 1 heterocycles. The lowest BCUT2D eigenvalue weighted by Crippen LogP contribution is -2.45. The third kappa shape index (κ3) is 6.18. The number of hydrogen-bond donors (Lipinski definition) is 0. The van der Waals surface area contributed by atoms with Gasteiger partial charge in [0.1, 0.15) is 11.6 Å². The molecule has 0 radical (unpaired) electrons. The van der Waals surface area contributed by atoms with Crippen LogP contribution in [0.2, 0.25) is 0 Å². The molecular formula is C24H31FN2O3. The fourth-order valence-corrected chi connectivity index (χ4v) is 4.00. The lowest BCUT2D eigenvalue weighted by molar-refractivity contribution is -0.144. The SMILES string of the molecule is CC(C)CN(CC(=O)N(Cc1ccc(F)cc1)Cc1ccco1)C(=O)C1CCCC1. The van der Waals surface area contributed by atoms with Gasteiger partial charge in [0.2, 0.25) is 11.8 Å². The van der Waals surface area contributed by atoms with Crippen molar-refractivity contribution in [2.45, 2.75) is 52.6 Å². The summed E-state index contributed by atoms with van der Waals surface area (Å²) in [5, 5.41) is 0. The summed E-state index contributed by atoms with van der Waals surface area (Å²) < 4.78 is 18.7. The topological polar surface area (TPSA) is 53.8 Å². The van der Waals surface area contributed by atoms with Crippen molar-refractivity contribution in [2.75, 3.05) is 13.1 Å². The molecule has 2 amide bonds. The van der Waals surface area contributed by atoms with Gasteiger partial charge in [-0.05, 0) is 48.6 Å². The molecule has 0 N–H and O–H groups in total. The van der Waals surface area contributed by atoms with Crippen molar-refractivity contribution < 1.29 is 18.4 Å². The molecule has 3 rings (SSSR count). The average molecular weight is 415 g/mol. The van der Waals surface area contributed by atoms with Crippen molar-refractivity contribution in [2.24, 2.45) is 11.8 Å². The maximum Gasteiger partial charge on any atom is 0.242 e. The first-order valence-corrected chi connectivity index (χ1v) is 10.8. The van der Waals surface area contributed by atoms with Crippen LogP contribution in [0.25, 0.3) is 0 Å². The monoisotopic (exact) mass is 414 g/mol. The zero-order valence-electron chi connectivity index (χ0n) is 17.9. The average Bonchev–Trinajstić information content (AvgIpc) is 3.42. The summed E-state index contributed by atoms with van der Waals surface area (Å²) in [5.41, 5.74) is 0.828. The molecule has 5 nitrogen and oxygen atoms in total. The van der Waals surface area contributed by atoms with Crippen molar-refractivity contribution in [3.63, 3.8) is 0 Å². The number of nitrogens with zero attached hydrogens (tertiary/aromatic N) is 2. The highest BCUT2D eigenvalue weighted by atomic mass is 19.1. The summed E-state index contributed by atoms with van der Waals surface area (Å²) in [6.07, 6.45) is 5.55. The van der Waals surface area contributed by atoms with Crippen LogP contribution < -0.4 is 0 Å². The van der Waals surface area contributed by atoms with Gasteiger partial charge < -0.3 is 14.2 Å². The first-order valence-electron chi connectivity index (χ1n) is 10.8. The summed E-state index contributed by atoms with van der Waals surface area (Å²) in [5.74, 6) is 0.624. The van der Waals surface area contributed by atoms with Crippen LogP contribution in [0.3, 0.4) is 0 Å². The van der Waals surface area contributed by atoms with E-state index in [-0.39, 0.29) is 36.0 Å². The Morgan fingerprint density at radius 2 is 1.77 bits per heavy atom. The molecule has 162 valence electrons. The van der Waals surface area contributed by atoms with E-state index in [0.29, 0.717) is 25.4 Å². The Kier molecular flexibility index (Phi) is 7.66. The van der Waals surface area contributed by atoms with Gasteiger partial charge in [-0.2, -0.15) is 0 Å². The largest absolute Gasteiger partial charge is 0.467 e. The molecule has 1 aliphatic rings. The number of rotatable bonds is 9. The Morgan fingerprint density at radius 1 is 1.07 bits per heavy atom. The van der Waals surface area contributed by atoms with Gasteiger partial charge in [0.25, 0.3) is 0 Å². The molecule has 1 aromatic carbocycles. The Labute approximate surface area is 177 Å². The van der Waals surface area contributed by atoms with Crippen molar-refractivity contribution in [1.29, 1.82) is 0 Å². The van der Waals surface area contributed by atoms with Gasteiger partial charge in [0.15, 0.2) is 0 Å². The van der Waals surface area contributed by atoms with Crippen LogP contribution in [-0.4, -0.2) is 34.7 Å². The van der Waals surface area contributed by atoms with E-state index in [0.717, 1.165) is 31.2 Å². The molecular weight excluding hydrogens is 383 g/mol. The Bertz CT molecular complexity index is 811. The van der Waals surface area contributed by atoms with Gasteiger partial charge in [0, 0.05) is 19.0 Å². The lowest BCUT2D eigenvalue weighted by Gasteiger charge is -2.30. The number of carbonyl (C=O) groups is 2. The molecule has 1 aromatic heterocycles. The zero-order chi connectivity index (χ0) is 21.5. The van der Waals surface area contributed by atoms with E-state index in [1.165, 1.54) is 12.1 Å². The molecule has 2 aromatic rings. The normalized spacial score (nSPS) is 14.3. The van der Waals surface area contributed by atoms with E-state index in [4.69, 9.17) is 4.42 Å². The molecule has 0 spiro atoms. The van der Waals surface area contributed by atoms with E-state index in [1.54, 1.807) is 34.3 Å². The first kappa shape index (κ1) is 22.1. The van der Waals surface area contributed by atoms with E-state index in [2.05, 4.69) is 13.8 Å². The number of carbonyl (C=O) groups excluding carboxylic acids is 2. The van der Waals surface area contributed by atoms with Crippen molar-refractivity contribution in [1.82, 2.24) is 9.80 Å². The van der Waals surface area contributed by atoms with E-state index in [9.17, 15) is 14.0 Å². The molecule has 0 saturated heterocycles. The number of amides is 2. The van der Waals surface area contributed by atoms with Crippen LogP contribution in [0.4, 0.5) is 4.39 Å². The van der Waals surface area contributed by atoms with Crippen LogP contribution in [0.5, 0.6) is 0 Å². The highest BCUT2D eigenvalue weighted by Gasteiger charge is 2.30. The Morgan fingerprint density at radius 3 is 2.37 bits per heavy atom. The third-order valence-corrected chi connectivity index (χ3v) is 5.49. The minimum atomic E-state index is -0.312. The van der Waals surface area contributed by atoms with Gasteiger partial charge >= 0.3 is 0 Å². The summed E-state index contributed by atoms with van der Waals surface area (Å²) in [6.45, 7) is 5.35. The molecule has 30 heavy (non-hydrogen) atoms. The van der Waals surface area contributed by atoms with E-state index >= 15 is 0 Å². The van der Waals surface area contributed by atoms with E-state index < -0.39 is 0 Å². The number of halogens is 1. The number of benzene rings is 1. The van der Waals surface area contributed by atoms with Crippen molar-refractivity contribution in [3.05, 3.63) is 59.8 Å². The Hall–Kier alpha value is -2.63. The standard InChI is InChI=1S/C24H31FN2O3/c1-18(2)14-27(24(29)20-6-3-4-7-20)17-23(28)26(16-22-8-5-13-30-22)15-19-9-11-21(25)12-10-19/h5,8-13,18,20H,3-4,6-7,14-17H2,1-2H3.